The Morgan fingerprint density at radius 1 is 1.19 bits per heavy atom. The molecule has 2 rings (SSSR count). The van der Waals surface area contributed by atoms with Crippen molar-refractivity contribution >= 4 is 27.4 Å². The van der Waals surface area contributed by atoms with Crippen LogP contribution in [0.3, 0.4) is 0 Å². The molecule has 0 radical (unpaired) electrons. The molecule has 138 valence electrons. The minimum atomic E-state index is -4.01. The highest BCUT2D eigenvalue weighted by molar-refractivity contribution is 7.91. The van der Waals surface area contributed by atoms with E-state index in [0.717, 1.165) is 0 Å². The smallest absolute Gasteiger partial charge is 0.337 e. The van der Waals surface area contributed by atoms with E-state index in [2.05, 4.69) is 9.46 Å². The fourth-order valence-electron chi connectivity index (χ4n) is 2.25. The van der Waals surface area contributed by atoms with Crippen LogP contribution in [0.4, 0.5) is 11.4 Å². The lowest BCUT2D eigenvalue weighted by Gasteiger charge is -2.13. The molecule has 0 bridgehead atoms. The molecule has 1 N–H and O–H groups in total. The first-order valence-corrected chi connectivity index (χ1v) is 8.91. The van der Waals surface area contributed by atoms with Crippen LogP contribution in [0.2, 0.25) is 0 Å². The minimum Gasteiger partial charge on any atom is -0.495 e. The zero-order chi connectivity index (χ0) is 19.3. The first-order valence-electron chi connectivity index (χ1n) is 7.26. The number of esters is 1. The molecular formula is C16H16N2O7S. The van der Waals surface area contributed by atoms with Gasteiger partial charge in [0, 0.05) is 11.6 Å². The quantitative estimate of drug-likeness (QED) is 0.444. The third-order valence-electron chi connectivity index (χ3n) is 3.42. The summed E-state index contributed by atoms with van der Waals surface area (Å²) in [6.45, 7) is 0. The molecule has 10 heteroatoms. The van der Waals surface area contributed by atoms with E-state index < -0.39 is 26.7 Å². The van der Waals surface area contributed by atoms with Crippen LogP contribution in [0.1, 0.15) is 15.9 Å². The Morgan fingerprint density at radius 2 is 1.88 bits per heavy atom. The molecular weight excluding hydrogens is 364 g/mol. The minimum absolute atomic E-state index is 0.0222. The van der Waals surface area contributed by atoms with Gasteiger partial charge in [-0.2, -0.15) is 0 Å². The highest BCUT2D eigenvalue weighted by atomic mass is 32.2. The van der Waals surface area contributed by atoms with Gasteiger partial charge in [0.1, 0.15) is 11.5 Å². The zero-order valence-corrected chi connectivity index (χ0v) is 14.8. The predicted octanol–water partition coefficient (Wildman–Crippen LogP) is 2.33. The summed E-state index contributed by atoms with van der Waals surface area (Å²) in [4.78, 5) is 22.0. The Hall–Kier alpha value is -3.14. The zero-order valence-electron chi connectivity index (χ0n) is 14.0. The van der Waals surface area contributed by atoms with Crippen LogP contribution < -0.4 is 9.46 Å². The number of nitro benzene ring substituents is 1. The number of benzene rings is 2. The molecule has 0 amide bonds. The van der Waals surface area contributed by atoms with Crippen LogP contribution in [0.15, 0.2) is 42.5 Å². The first-order chi connectivity index (χ1) is 12.3. The second-order valence-electron chi connectivity index (χ2n) is 5.15. The molecule has 0 unspecified atom stereocenters. The summed E-state index contributed by atoms with van der Waals surface area (Å²) >= 11 is 0. The van der Waals surface area contributed by atoms with Crippen molar-refractivity contribution in [2.75, 3.05) is 18.9 Å². The maximum atomic E-state index is 12.5. The van der Waals surface area contributed by atoms with Crippen LogP contribution in [0, 0.1) is 10.1 Å². The molecule has 0 aliphatic heterocycles. The van der Waals surface area contributed by atoms with Gasteiger partial charge < -0.3 is 9.47 Å². The number of anilines is 1. The summed E-state index contributed by atoms with van der Waals surface area (Å²) in [5, 5.41) is 11.0. The van der Waals surface area contributed by atoms with Crippen LogP contribution in [0.5, 0.6) is 5.75 Å². The van der Waals surface area contributed by atoms with E-state index in [9.17, 15) is 23.3 Å². The predicted molar refractivity (Wildman–Crippen MR) is 93.7 cm³/mol. The number of methoxy groups -OCH3 is 2. The van der Waals surface area contributed by atoms with Gasteiger partial charge in [-0.15, -0.1) is 0 Å². The van der Waals surface area contributed by atoms with E-state index in [1.807, 2.05) is 0 Å². The summed E-state index contributed by atoms with van der Waals surface area (Å²) in [6, 6.07) is 9.64. The molecule has 0 aliphatic carbocycles. The van der Waals surface area contributed by atoms with E-state index in [4.69, 9.17) is 4.74 Å². The first kappa shape index (κ1) is 19.2. The molecule has 26 heavy (non-hydrogen) atoms. The van der Waals surface area contributed by atoms with Crippen molar-refractivity contribution in [3.05, 3.63) is 63.7 Å². The van der Waals surface area contributed by atoms with Gasteiger partial charge >= 0.3 is 5.97 Å². The number of nitro groups is 1. The number of carbonyl (C=O) groups is 1. The van der Waals surface area contributed by atoms with Crippen molar-refractivity contribution in [3.63, 3.8) is 0 Å². The molecule has 0 fully saturated rings. The lowest BCUT2D eigenvalue weighted by molar-refractivity contribution is -0.385. The number of nitrogens with zero attached hydrogens (tertiary/aromatic N) is 1. The van der Waals surface area contributed by atoms with E-state index >= 15 is 0 Å². The van der Waals surface area contributed by atoms with Crippen LogP contribution in [-0.4, -0.2) is 33.5 Å². The lowest BCUT2D eigenvalue weighted by Crippen LogP contribution is -2.17. The van der Waals surface area contributed by atoms with Crippen molar-refractivity contribution in [1.82, 2.24) is 0 Å². The number of hydrogen-bond acceptors (Lipinski definition) is 7. The van der Waals surface area contributed by atoms with E-state index in [-0.39, 0.29) is 28.3 Å². The van der Waals surface area contributed by atoms with Gasteiger partial charge in [0.2, 0.25) is 10.0 Å². The van der Waals surface area contributed by atoms with Crippen molar-refractivity contribution in [3.8, 4) is 5.75 Å². The van der Waals surface area contributed by atoms with Gasteiger partial charge in [-0.25, -0.2) is 13.2 Å². The highest BCUT2D eigenvalue weighted by Gasteiger charge is 2.21. The standard InChI is InChI=1S/C16H16N2O7S/c1-24-15-8-7-11(16(19)25-2)9-13(15)17-26(22,23)10-12-5-3-4-6-14(12)18(20)21/h3-9,17H,10H2,1-2H3. The van der Waals surface area contributed by atoms with Gasteiger partial charge in [0.15, 0.2) is 0 Å². The Kier molecular flexibility index (Phi) is 5.78. The molecule has 2 aromatic carbocycles. The Labute approximate surface area is 149 Å². The fraction of sp³-hybridized carbons (Fsp3) is 0.188. The SMILES string of the molecule is COC(=O)c1ccc(OC)c(NS(=O)(=O)Cc2ccccc2[N+](=O)[O-])c1. The Balaban J connectivity index is 2.35. The molecule has 0 spiro atoms. The van der Waals surface area contributed by atoms with Crippen LogP contribution in [0.25, 0.3) is 0 Å². The van der Waals surface area contributed by atoms with E-state index in [0.29, 0.717) is 0 Å². The summed E-state index contributed by atoms with van der Waals surface area (Å²) in [5.74, 6) is -1.08. The maximum Gasteiger partial charge on any atom is 0.337 e. The van der Waals surface area contributed by atoms with E-state index in [1.54, 1.807) is 0 Å². The largest absolute Gasteiger partial charge is 0.495 e. The van der Waals surface area contributed by atoms with Gasteiger partial charge in [0.25, 0.3) is 5.69 Å². The highest BCUT2D eigenvalue weighted by Crippen LogP contribution is 2.28. The van der Waals surface area contributed by atoms with Gasteiger partial charge in [0.05, 0.1) is 30.4 Å². The number of sulfonamides is 1. The summed E-state index contributed by atoms with van der Waals surface area (Å²) in [5.41, 5.74) is -0.119. The number of carbonyl (C=O) groups excluding carboxylic acids is 1. The van der Waals surface area contributed by atoms with Crippen molar-refractivity contribution in [2.24, 2.45) is 0 Å². The second kappa shape index (κ2) is 7.83. The Bertz CT molecular complexity index is 941. The topological polar surface area (TPSA) is 125 Å². The van der Waals surface area contributed by atoms with Gasteiger partial charge in [-0.05, 0) is 18.2 Å². The molecule has 0 aromatic heterocycles. The maximum absolute atomic E-state index is 12.5. The lowest BCUT2D eigenvalue weighted by atomic mass is 10.2. The van der Waals surface area contributed by atoms with Crippen molar-refractivity contribution in [1.29, 1.82) is 0 Å². The molecule has 0 saturated carbocycles. The summed E-state index contributed by atoms with van der Waals surface area (Å²) in [7, 11) is -1.47. The number of nitrogens with one attached hydrogen (secondary N) is 1. The molecule has 0 aliphatic rings. The molecule has 0 heterocycles. The fourth-order valence-corrected chi connectivity index (χ4v) is 3.47. The van der Waals surface area contributed by atoms with Crippen molar-refractivity contribution in [2.45, 2.75) is 5.75 Å². The number of hydrogen-bond donors (Lipinski definition) is 1. The Morgan fingerprint density at radius 3 is 2.50 bits per heavy atom. The normalized spacial score (nSPS) is 10.8. The third kappa shape index (κ3) is 4.48. The summed E-state index contributed by atoms with van der Waals surface area (Å²) < 4.78 is 36.9. The number of ether oxygens (including phenoxy) is 2. The molecule has 0 atom stereocenters. The van der Waals surface area contributed by atoms with Crippen LogP contribution in [-0.2, 0) is 20.5 Å². The van der Waals surface area contributed by atoms with Crippen LogP contribution >= 0.6 is 0 Å². The van der Waals surface area contributed by atoms with E-state index in [1.165, 1.54) is 56.7 Å². The van der Waals surface area contributed by atoms with Gasteiger partial charge in [-0.1, -0.05) is 18.2 Å². The monoisotopic (exact) mass is 380 g/mol. The molecule has 2 aromatic rings. The van der Waals surface area contributed by atoms with Crippen molar-refractivity contribution < 1.29 is 27.6 Å². The number of rotatable bonds is 7. The molecule has 9 nitrogen and oxygen atoms in total. The number of para-hydroxylation sites is 1. The molecule has 0 saturated heterocycles. The summed E-state index contributed by atoms with van der Waals surface area (Å²) in [6.07, 6.45) is 0. The third-order valence-corrected chi connectivity index (χ3v) is 4.64. The van der Waals surface area contributed by atoms with Gasteiger partial charge in [-0.3, -0.25) is 14.8 Å². The second-order valence-corrected chi connectivity index (χ2v) is 6.88. The average molecular weight is 380 g/mol. The average Bonchev–Trinajstić information content (AvgIpc) is 2.60.